The molecule has 7 heteroatoms. The summed E-state index contributed by atoms with van der Waals surface area (Å²) in [5.74, 6) is 0.414. The molecule has 7 nitrogen and oxygen atoms in total. The highest BCUT2D eigenvalue weighted by Crippen LogP contribution is 2.22. The Morgan fingerprint density at radius 3 is 3.00 bits per heavy atom. The van der Waals surface area contributed by atoms with Crippen LogP contribution in [0.2, 0.25) is 0 Å². The number of nitrogens with one attached hydrogen (secondary N) is 1. The number of carbonyl (C=O) groups excluding carboxylic acids is 2. The Bertz CT molecular complexity index is 514. The zero-order chi connectivity index (χ0) is 15.4. The Hall–Kier alpha value is -1.89. The summed E-state index contributed by atoms with van der Waals surface area (Å²) in [5.41, 5.74) is 0. The van der Waals surface area contributed by atoms with Gasteiger partial charge in [-0.05, 0) is 20.3 Å². The summed E-state index contributed by atoms with van der Waals surface area (Å²) in [5, 5.41) is 6.97. The molecule has 2 atom stereocenters. The number of aromatic nitrogens is 2. The molecule has 1 N–H and O–H groups in total. The molecule has 0 aromatic carbocycles. The van der Waals surface area contributed by atoms with Gasteiger partial charge in [0.15, 0.2) is 5.82 Å². The number of ether oxygens (including phenoxy) is 1. The van der Waals surface area contributed by atoms with Crippen molar-refractivity contribution in [3.63, 3.8) is 0 Å². The van der Waals surface area contributed by atoms with E-state index in [1.165, 1.54) is 6.92 Å². The van der Waals surface area contributed by atoms with E-state index in [1.54, 1.807) is 13.0 Å². The first-order chi connectivity index (χ1) is 10.0. The third kappa shape index (κ3) is 3.81. The number of amides is 2. The highest BCUT2D eigenvalue weighted by atomic mass is 16.5. The van der Waals surface area contributed by atoms with Crippen LogP contribution in [0.4, 0.5) is 5.82 Å². The third-order valence-electron chi connectivity index (χ3n) is 3.53. The number of nitrogens with zero attached hydrogens (tertiary/aromatic N) is 3. The van der Waals surface area contributed by atoms with Crippen LogP contribution in [0.15, 0.2) is 12.3 Å². The predicted molar refractivity (Wildman–Crippen MR) is 77.9 cm³/mol. The van der Waals surface area contributed by atoms with Gasteiger partial charge >= 0.3 is 0 Å². The summed E-state index contributed by atoms with van der Waals surface area (Å²) in [4.78, 5) is 25.0. The van der Waals surface area contributed by atoms with Crippen molar-refractivity contribution in [2.75, 3.05) is 25.0 Å². The van der Waals surface area contributed by atoms with Gasteiger partial charge in [-0.15, -0.1) is 0 Å². The number of carbonyl (C=O) groups is 2. The first-order valence-corrected chi connectivity index (χ1v) is 7.24. The molecule has 2 rings (SSSR count). The minimum absolute atomic E-state index is 0.0218. The van der Waals surface area contributed by atoms with Gasteiger partial charge in [0.2, 0.25) is 5.91 Å². The molecule has 1 aromatic heterocycles. The van der Waals surface area contributed by atoms with Crippen LogP contribution < -0.4 is 5.32 Å². The molecule has 116 valence electrons. The lowest BCUT2D eigenvalue weighted by atomic mass is 10.3. The van der Waals surface area contributed by atoms with E-state index >= 15 is 0 Å². The maximum atomic E-state index is 12.2. The van der Waals surface area contributed by atoms with Crippen LogP contribution in [0.25, 0.3) is 0 Å². The monoisotopic (exact) mass is 294 g/mol. The highest BCUT2D eigenvalue weighted by molar-refractivity contribution is 5.87. The van der Waals surface area contributed by atoms with E-state index in [2.05, 4.69) is 10.4 Å². The van der Waals surface area contributed by atoms with Crippen molar-refractivity contribution < 1.29 is 14.3 Å². The summed E-state index contributed by atoms with van der Waals surface area (Å²) < 4.78 is 7.15. The second-order valence-corrected chi connectivity index (χ2v) is 5.19. The maximum absolute atomic E-state index is 12.2. The van der Waals surface area contributed by atoms with Crippen LogP contribution in [-0.4, -0.2) is 52.3 Å². The fourth-order valence-corrected chi connectivity index (χ4v) is 2.52. The van der Waals surface area contributed by atoms with Crippen LogP contribution in [-0.2, 0) is 14.3 Å². The fraction of sp³-hybridized carbons (Fsp3) is 0.643. The van der Waals surface area contributed by atoms with Crippen LogP contribution in [0, 0.1) is 0 Å². The molecule has 1 fully saturated rings. The summed E-state index contributed by atoms with van der Waals surface area (Å²) in [6, 6.07) is 1.90. The molecule has 0 aliphatic carbocycles. The minimum atomic E-state index is -0.402. The van der Waals surface area contributed by atoms with Crippen molar-refractivity contribution in [3.05, 3.63) is 12.3 Å². The number of anilines is 1. The largest absolute Gasteiger partial charge is 0.369 e. The van der Waals surface area contributed by atoms with Gasteiger partial charge in [0.05, 0.1) is 6.04 Å². The summed E-state index contributed by atoms with van der Waals surface area (Å²) in [6.07, 6.45) is 2.28. The second-order valence-electron chi connectivity index (χ2n) is 5.19. The van der Waals surface area contributed by atoms with Gasteiger partial charge in [-0.1, -0.05) is 0 Å². The zero-order valence-corrected chi connectivity index (χ0v) is 12.7. The fourth-order valence-electron chi connectivity index (χ4n) is 2.52. The molecule has 1 aliphatic rings. The maximum Gasteiger partial charge on any atom is 0.251 e. The second kappa shape index (κ2) is 6.71. The Balaban J connectivity index is 1.94. The van der Waals surface area contributed by atoms with Gasteiger partial charge in [0, 0.05) is 38.9 Å². The number of rotatable bonds is 5. The zero-order valence-electron chi connectivity index (χ0n) is 12.7. The Morgan fingerprint density at radius 2 is 2.33 bits per heavy atom. The van der Waals surface area contributed by atoms with E-state index < -0.39 is 6.10 Å². The average molecular weight is 294 g/mol. The lowest BCUT2D eigenvalue weighted by Gasteiger charge is -2.20. The standard InChI is InChI=1S/C14H22N4O3/c1-4-21-10(2)14(20)17-7-5-12(9-17)18-8-6-13(16-18)15-11(3)19/h6,8,10,12H,4-5,7,9H2,1-3H3,(H,15,16,19)/t10-,12-/m0/s1. The van der Waals surface area contributed by atoms with E-state index in [-0.39, 0.29) is 17.9 Å². The van der Waals surface area contributed by atoms with Crippen molar-refractivity contribution in [3.8, 4) is 0 Å². The smallest absolute Gasteiger partial charge is 0.251 e. The predicted octanol–water partition coefficient (Wildman–Crippen LogP) is 1.04. The molecule has 2 amide bonds. The van der Waals surface area contributed by atoms with Gasteiger partial charge in [-0.3, -0.25) is 14.3 Å². The quantitative estimate of drug-likeness (QED) is 0.880. The molecule has 1 aromatic rings. The molecule has 1 saturated heterocycles. The van der Waals surface area contributed by atoms with Crippen molar-refractivity contribution >= 4 is 17.6 Å². The normalized spacial score (nSPS) is 19.6. The lowest BCUT2D eigenvalue weighted by Crippen LogP contribution is -2.37. The van der Waals surface area contributed by atoms with Gasteiger partial charge in [0.1, 0.15) is 6.10 Å². The SMILES string of the molecule is CCO[C@@H](C)C(=O)N1CC[C@H](n2ccc(NC(C)=O)n2)C1. The molecule has 0 saturated carbocycles. The van der Waals surface area contributed by atoms with E-state index in [9.17, 15) is 9.59 Å². The van der Waals surface area contributed by atoms with Crippen molar-refractivity contribution in [2.45, 2.75) is 39.3 Å². The van der Waals surface area contributed by atoms with E-state index in [0.29, 0.717) is 25.5 Å². The molecule has 0 radical (unpaired) electrons. The highest BCUT2D eigenvalue weighted by Gasteiger charge is 2.30. The summed E-state index contributed by atoms with van der Waals surface area (Å²) in [6.45, 7) is 6.97. The first-order valence-electron chi connectivity index (χ1n) is 7.24. The third-order valence-corrected chi connectivity index (χ3v) is 3.53. The van der Waals surface area contributed by atoms with Gasteiger partial charge < -0.3 is 15.0 Å². The molecule has 0 bridgehead atoms. The van der Waals surface area contributed by atoms with Gasteiger partial charge in [-0.2, -0.15) is 5.10 Å². The van der Waals surface area contributed by atoms with Crippen LogP contribution in [0.1, 0.15) is 33.2 Å². The van der Waals surface area contributed by atoms with Crippen molar-refractivity contribution in [1.82, 2.24) is 14.7 Å². The van der Waals surface area contributed by atoms with Crippen molar-refractivity contribution in [1.29, 1.82) is 0 Å². The minimum Gasteiger partial charge on any atom is -0.369 e. The number of likely N-dealkylation sites (tertiary alicyclic amines) is 1. The van der Waals surface area contributed by atoms with E-state index in [1.807, 2.05) is 22.7 Å². The number of hydrogen-bond donors (Lipinski definition) is 1. The summed E-state index contributed by atoms with van der Waals surface area (Å²) >= 11 is 0. The Kier molecular flexibility index (Phi) is 4.95. The molecule has 21 heavy (non-hydrogen) atoms. The van der Waals surface area contributed by atoms with Gasteiger partial charge in [0.25, 0.3) is 5.91 Å². The lowest BCUT2D eigenvalue weighted by molar-refractivity contribution is -0.141. The first kappa shape index (κ1) is 15.5. The topological polar surface area (TPSA) is 76.5 Å². The van der Waals surface area contributed by atoms with Crippen LogP contribution >= 0.6 is 0 Å². The Labute approximate surface area is 124 Å². The summed E-state index contributed by atoms with van der Waals surface area (Å²) in [7, 11) is 0. The molecule has 0 unspecified atom stereocenters. The molecular weight excluding hydrogens is 272 g/mol. The van der Waals surface area contributed by atoms with Crippen molar-refractivity contribution in [2.24, 2.45) is 0 Å². The van der Waals surface area contributed by atoms with E-state index in [0.717, 1.165) is 6.42 Å². The van der Waals surface area contributed by atoms with Crippen LogP contribution in [0.5, 0.6) is 0 Å². The van der Waals surface area contributed by atoms with Crippen LogP contribution in [0.3, 0.4) is 0 Å². The number of hydrogen-bond acceptors (Lipinski definition) is 4. The average Bonchev–Trinajstić information content (AvgIpc) is 3.05. The van der Waals surface area contributed by atoms with Gasteiger partial charge in [-0.25, -0.2) is 0 Å². The molecule has 0 spiro atoms. The Morgan fingerprint density at radius 1 is 1.57 bits per heavy atom. The molecule has 1 aliphatic heterocycles. The molecule has 2 heterocycles. The van der Waals surface area contributed by atoms with E-state index in [4.69, 9.17) is 4.74 Å². The molecular formula is C14H22N4O3.